The van der Waals surface area contributed by atoms with Gasteiger partial charge in [-0.3, -0.25) is 15.0 Å². The minimum Gasteiger partial charge on any atom is -0.501 e. The maximum atomic E-state index is 10.6. The number of nitrogens with one attached hydrogen (secondary N) is 2. The largest absolute Gasteiger partial charge is 0.501 e. The molecule has 188 valence electrons. The van der Waals surface area contributed by atoms with E-state index in [1.54, 1.807) is 61.4 Å². The van der Waals surface area contributed by atoms with Crippen molar-refractivity contribution in [1.29, 1.82) is 0 Å². The molecule has 6 rings (SSSR count). The molecule has 0 aromatic carbocycles. The molecule has 0 spiro atoms. The Morgan fingerprint density at radius 2 is 1.08 bits per heavy atom. The molecule has 0 atom stereocenters. The summed E-state index contributed by atoms with van der Waals surface area (Å²) < 4.78 is 10.6. The number of aromatic nitrogens is 7. The average molecular weight is 546 g/mol. The minimum absolute atomic E-state index is 0.00271. The van der Waals surface area contributed by atoms with Crippen molar-refractivity contribution < 1.29 is 19.3 Å². The number of rotatable bonds is 8. The molecule has 4 aromatic rings. The highest BCUT2D eigenvalue weighted by Crippen LogP contribution is 2.43. The van der Waals surface area contributed by atoms with E-state index >= 15 is 0 Å². The van der Waals surface area contributed by atoms with Gasteiger partial charge in [-0.25, -0.2) is 9.97 Å². The van der Waals surface area contributed by atoms with E-state index < -0.39 is 0 Å². The third kappa shape index (κ3) is 4.74. The lowest BCUT2D eigenvalue weighted by atomic mass is 10.2. The van der Waals surface area contributed by atoms with E-state index in [-0.39, 0.29) is 33.3 Å². The molecule has 13 nitrogen and oxygen atoms in total. The second-order valence-corrected chi connectivity index (χ2v) is 9.58. The molecule has 0 bridgehead atoms. The predicted molar refractivity (Wildman–Crippen MR) is 136 cm³/mol. The molecule has 6 heterocycles. The first-order chi connectivity index (χ1) is 18.7. The molecule has 0 aliphatic carbocycles. The number of anilines is 4. The summed E-state index contributed by atoms with van der Waals surface area (Å²) in [6.45, 7) is 0. The van der Waals surface area contributed by atoms with E-state index in [1.807, 2.05) is 0 Å². The van der Waals surface area contributed by atoms with E-state index in [0.717, 1.165) is 9.79 Å². The quantitative estimate of drug-likeness (QED) is 0.201. The van der Waals surface area contributed by atoms with E-state index in [9.17, 15) is 10.2 Å². The van der Waals surface area contributed by atoms with Crippen molar-refractivity contribution in [3.8, 4) is 22.6 Å². The fraction of sp³-hybridized carbons (Fsp3) is 0. The third-order valence-electron chi connectivity index (χ3n) is 5.05. The molecule has 2 aliphatic rings. The average Bonchev–Trinajstić information content (AvgIpc) is 3.62. The molecule has 0 radical (unpaired) electrons. The fourth-order valence-corrected chi connectivity index (χ4v) is 4.77. The Morgan fingerprint density at radius 3 is 1.53 bits per heavy atom. The molecule has 0 unspecified atom stereocenters. The summed E-state index contributed by atoms with van der Waals surface area (Å²) in [5.74, 6) is 0.266. The van der Waals surface area contributed by atoms with Crippen LogP contribution in [0.3, 0.4) is 0 Å². The Morgan fingerprint density at radius 1 is 0.632 bits per heavy atom. The number of nitrogens with zero attached hydrogens (tertiary/aromatic N) is 7. The number of aromatic hydroxyl groups is 2. The zero-order valence-electron chi connectivity index (χ0n) is 19.0. The van der Waals surface area contributed by atoms with Gasteiger partial charge >= 0.3 is 0 Å². The van der Waals surface area contributed by atoms with Gasteiger partial charge in [0.25, 0.3) is 11.8 Å². The maximum absolute atomic E-state index is 10.6. The second-order valence-electron chi connectivity index (χ2n) is 7.46. The lowest BCUT2D eigenvalue weighted by Gasteiger charge is -2.05. The molecule has 38 heavy (non-hydrogen) atoms. The SMILES string of the molecule is Oc1c(Sc2ccncc2)noc1Nc1ncnc(Nc2onc(Sc3ccncc3)c2O)c2cncc1-2. The van der Waals surface area contributed by atoms with E-state index in [0.29, 0.717) is 22.8 Å². The first-order valence-electron chi connectivity index (χ1n) is 10.8. The van der Waals surface area contributed by atoms with Gasteiger partial charge in [0.15, 0.2) is 10.1 Å². The summed E-state index contributed by atoms with van der Waals surface area (Å²) in [7, 11) is 0. The van der Waals surface area contributed by atoms with Crippen molar-refractivity contribution in [2.45, 2.75) is 19.8 Å². The van der Waals surface area contributed by atoms with Crippen LogP contribution < -0.4 is 10.6 Å². The Hall–Kier alpha value is -4.89. The minimum atomic E-state index is -0.176. The first-order valence-corrected chi connectivity index (χ1v) is 12.4. The van der Waals surface area contributed by atoms with Crippen LogP contribution in [0, 0.1) is 0 Å². The number of hydrogen-bond acceptors (Lipinski definition) is 15. The van der Waals surface area contributed by atoms with Gasteiger partial charge < -0.3 is 29.9 Å². The lowest BCUT2D eigenvalue weighted by Crippen LogP contribution is -1.94. The van der Waals surface area contributed by atoms with Gasteiger partial charge in [-0.15, -0.1) is 0 Å². The van der Waals surface area contributed by atoms with Crippen LogP contribution in [0.25, 0.3) is 11.1 Å². The number of fused-ring (bicyclic) bond motifs is 1. The molecule has 0 saturated heterocycles. The summed E-state index contributed by atoms with van der Waals surface area (Å²) in [6.07, 6.45) is 11.0. The first kappa shape index (κ1) is 23.5. The third-order valence-corrected chi connectivity index (χ3v) is 6.99. The van der Waals surface area contributed by atoms with Gasteiger partial charge in [-0.1, -0.05) is 33.8 Å². The molecule has 0 fully saturated rings. The van der Waals surface area contributed by atoms with E-state index in [1.165, 1.54) is 29.9 Å². The molecular weight excluding hydrogens is 530 g/mol. The van der Waals surface area contributed by atoms with Crippen molar-refractivity contribution in [1.82, 2.24) is 35.2 Å². The van der Waals surface area contributed by atoms with Crippen LogP contribution in [-0.4, -0.2) is 45.4 Å². The van der Waals surface area contributed by atoms with E-state index in [2.05, 4.69) is 45.9 Å². The van der Waals surface area contributed by atoms with Gasteiger partial charge in [0, 0.05) is 58.1 Å². The second kappa shape index (κ2) is 10.2. The smallest absolute Gasteiger partial charge is 0.273 e. The normalized spacial score (nSPS) is 11.1. The van der Waals surface area contributed by atoms with Gasteiger partial charge in [-0.2, -0.15) is 0 Å². The summed E-state index contributed by atoms with van der Waals surface area (Å²) >= 11 is 2.44. The van der Waals surface area contributed by atoms with Crippen LogP contribution in [0.2, 0.25) is 0 Å². The van der Waals surface area contributed by atoms with Crippen LogP contribution in [0.15, 0.2) is 96.7 Å². The van der Waals surface area contributed by atoms with Gasteiger partial charge in [0.2, 0.25) is 11.5 Å². The molecule has 15 heteroatoms. The predicted octanol–water partition coefficient (Wildman–Crippen LogP) is 4.94. The fourth-order valence-electron chi connectivity index (χ4n) is 3.28. The Kier molecular flexibility index (Phi) is 6.33. The highest BCUT2D eigenvalue weighted by atomic mass is 32.2. The van der Waals surface area contributed by atoms with Crippen molar-refractivity contribution in [2.24, 2.45) is 0 Å². The zero-order valence-corrected chi connectivity index (χ0v) is 20.6. The van der Waals surface area contributed by atoms with Crippen LogP contribution in [0.4, 0.5) is 23.4 Å². The molecule has 2 aliphatic heterocycles. The van der Waals surface area contributed by atoms with Gasteiger partial charge in [0.05, 0.1) is 0 Å². The Balaban J connectivity index is 1.23. The highest BCUT2D eigenvalue weighted by Gasteiger charge is 2.23. The summed E-state index contributed by atoms with van der Waals surface area (Å²) in [5, 5.41) is 35.6. The van der Waals surface area contributed by atoms with Crippen LogP contribution in [0.1, 0.15) is 0 Å². The number of hydrogen-bond donors (Lipinski definition) is 4. The Bertz CT molecular complexity index is 1550. The summed E-state index contributed by atoms with van der Waals surface area (Å²) in [5.41, 5.74) is 1.10. The molecule has 0 amide bonds. The summed E-state index contributed by atoms with van der Waals surface area (Å²) in [4.78, 5) is 22.5. The molecule has 0 saturated carbocycles. The standard InChI is InChI=1S/C23H15N9O4S2/c33-16-20(35-31-22(16)37-12-1-5-24-6-2-12)29-18-14-9-26-10-15(14)19(28-11-27-18)30-21-17(34)23(32-36-21)38-13-3-7-25-8-4-13/h1-11,33-34H,(H2,27,28,29,30). The van der Waals surface area contributed by atoms with Crippen molar-refractivity contribution in [3.63, 3.8) is 0 Å². The van der Waals surface area contributed by atoms with Crippen molar-refractivity contribution in [3.05, 3.63) is 67.8 Å². The van der Waals surface area contributed by atoms with Crippen LogP contribution in [-0.2, 0) is 0 Å². The molecule has 4 N–H and O–H groups in total. The van der Waals surface area contributed by atoms with Crippen LogP contribution >= 0.6 is 23.5 Å². The topological polar surface area (TPSA) is 181 Å². The number of pyridine rings is 2. The molecule has 4 aromatic heterocycles. The maximum Gasteiger partial charge on any atom is 0.273 e. The van der Waals surface area contributed by atoms with Gasteiger partial charge in [-0.05, 0) is 24.3 Å². The summed E-state index contributed by atoms with van der Waals surface area (Å²) in [6, 6.07) is 7.16. The lowest BCUT2D eigenvalue weighted by molar-refractivity contribution is 0.416. The monoisotopic (exact) mass is 545 g/mol. The van der Waals surface area contributed by atoms with Crippen molar-refractivity contribution >= 4 is 46.9 Å². The highest BCUT2D eigenvalue weighted by molar-refractivity contribution is 7.99. The Labute approximate surface area is 222 Å². The van der Waals surface area contributed by atoms with Gasteiger partial charge in [0.1, 0.15) is 18.0 Å². The zero-order chi connectivity index (χ0) is 25.9. The van der Waals surface area contributed by atoms with Crippen LogP contribution in [0.5, 0.6) is 11.5 Å². The molecular formula is C23H15N9O4S2. The van der Waals surface area contributed by atoms with E-state index in [4.69, 9.17) is 9.05 Å². The van der Waals surface area contributed by atoms with Crippen molar-refractivity contribution in [2.75, 3.05) is 10.6 Å².